The molecule has 1 fully saturated rings. The van der Waals surface area contributed by atoms with Crippen molar-refractivity contribution < 1.29 is 9.15 Å². The van der Waals surface area contributed by atoms with E-state index >= 15 is 0 Å². The van der Waals surface area contributed by atoms with Crippen LogP contribution in [-0.4, -0.2) is 40.3 Å². The first-order chi connectivity index (χ1) is 12.3. The Kier molecular flexibility index (Phi) is 4.43. The predicted octanol–water partition coefficient (Wildman–Crippen LogP) is 3.13. The Morgan fingerprint density at radius 1 is 1.16 bits per heavy atom. The van der Waals surface area contributed by atoms with Gasteiger partial charge in [-0.25, -0.2) is 0 Å². The van der Waals surface area contributed by atoms with Crippen LogP contribution in [0.25, 0.3) is 11.5 Å². The number of methoxy groups -OCH3 is 1. The van der Waals surface area contributed by atoms with E-state index in [-0.39, 0.29) is 5.92 Å². The van der Waals surface area contributed by atoms with E-state index in [1.807, 2.05) is 30.3 Å². The molecule has 6 heteroatoms. The van der Waals surface area contributed by atoms with E-state index in [0.29, 0.717) is 11.8 Å². The second-order valence-electron chi connectivity index (χ2n) is 6.21. The van der Waals surface area contributed by atoms with E-state index in [9.17, 15) is 0 Å². The molecule has 4 rings (SSSR count). The van der Waals surface area contributed by atoms with Gasteiger partial charge in [0, 0.05) is 36.6 Å². The normalized spacial score (nSPS) is 17.7. The molecule has 0 bridgehead atoms. The number of nitrogens with zero attached hydrogens (tertiary/aromatic N) is 4. The highest BCUT2D eigenvalue weighted by atomic mass is 16.5. The first kappa shape index (κ1) is 15.8. The van der Waals surface area contributed by atoms with Crippen molar-refractivity contribution in [2.75, 3.05) is 20.2 Å². The van der Waals surface area contributed by atoms with E-state index < -0.39 is 0 Å². The summed E-state index contributed by atoms with van der Waals surface area (Å²) >= 11 is 0. The molecule has 128 valence electrons. The molecule has 0 aliphatic carbocycles. The number of aromatic nitrogens is 3. The molecule has 25 heavy (non-hydrogen) atoms. The van der Waals surface area contributed by atoms with Crippen LogP contribution in [0.2, 0.25) is 0 Å². The van der Waals surface area contributed by atoms with Crippen molar-refractivity contribution in [2.24, 2.45) is 0 Å². The summed E-state index contributed by atoms with van der Waals surface area (Å²) < 4.78 is 11.3. The molecule has 0 radical (unpaired) electrons. The van der Waals surface area contributed by atoms with E-state index in [1.165, 1.54) is 5.56 Å². The van der Waals surface area contributed by atoms with Gasteiger partial charge < -0.3 is 9.15 Å². The lowest BCUT2D eigenvalue weighted by atomic mass is 10.1. The highest BCUT2D eigenvalue weighted by molar-refractivity contribution is 5.50. The summed E-state index contributed by atoms with van der Waals surface area (Å²) in [5.41, 5.74) is 2.10. The second kappa shape index (κ2) is 7.03. The van der Waals surface area contributed by atoms with Crippen LogP contribution in [0.1, 0.15) is 23.8 Å². The highest BCUT2D eigenvalue weighted by Gasteiger charge is 2.28. The molecule has 1 aliphatic rings. The van der Waals surface area contributed by atoms with Crippen molar-refractivity contribution in [3.63, 3.8) is 0 Å². The van der Waals surface area contributed by atoms with Gasteiger partial charge in [0.25, 0.3) is 0 Å². The van der Waals surface area contributed by atoms with Gasteiger partial charge in [-0.1, -0.05) is 18.2 Å². The molecule has 1 aliphatic heterocycles. The highest BCUT2D eigenvalue weighted by Crippen LogP contribution is 2.30. The third-order valence-electron chi connectivity index (χ3n) is 4.58. The molecule has 1 aromatic carbocycles. The van der Waals surface area contributed by atoms with Crippen molar-refractivity contribution in [3.8, 4) is 17.2 Å². The lowest BCUT2D eigenvalue weighted by molar-refractivity contribution is 0.311. The fraction of sp³-hybridized carbons (Fsp3) is 0.316. The first-order valence-electron chi connectivity index (χ1n) is 8.41. The average molecular weight is 336 g/mol. The quantitative estimate of drug-likeness (QED) is 0.713. The maximum absolute atomic E-state index is 5.90. The third-order valence-corrected chi connectivity index (χ3v) is 4.58. The third kappa shape index (κ3) is 3.39. The van der Waals surface area contributed by atoms with Crippen LogP contribution < -0.4 is 4.74 Å². The summed E-state index contributed by atoms with van der Waals surface area (Å²) in [4.78, 5) is 6.41. The number of ether oxygens (including phenoxy) is 1. The number of hydrogen-bond acceptors (Lipinski definition) is 6. The van der Waals surface area contributed by atoms with Gasteiger partial charge >= 0.3 is 0 Å². The lowest BCUT2D eigenvalue weighted by Crippen LogP contribution is -2.20. The van der Waals surface area contributed by atoms with Crippen LogP contribution in [0.15, 0.2) is 53.2 Å². The number of hydrogen-bond donors (Lipinski definition) is 0. The number of benzene rings is 1. The Balaban J connectivity index is 1.43. The first-order valence-corrected chi connectivity index (χ1v) is 8.41. The Bertz CT molecular complexity index is 834. The molecule has 1 saturated heterocycles. The van der Waals surface area contributed by atoms with Crippen molar-refractivity contribution in [2.45, 2.75) is 18.9 Å². The van der Waals surface area contributed by atoms with Crippen molar-refractivity contribution in [1.82, 2.24) is 20.1 Å². The maximum atomic E-state index is 5.90. The fourth-order valence-electron chi connectivity index (χ4n) is 3.26. The van der Waals surface area contributed by atoms with Crippen LogP contribution in [-0.2, 0) is 6.54 Å². The summed E-state index contributed by atoms with van der Waals surface area (Å²) in [6.45, 7) is 2.79. The minimum Gasteiger partial charge on any atom is -0.496 e. The number of rotatable bonds is 5. The molecule has 6 nitrogen and oxygen atoms in total. The Morgan fingerprint density at radius 3 is 2.84 bits per heavy atom. The lowest BCUT2D eigenvalue weighted by Gasteiger charge is -2.17. The van der Waals surface area contributed by atoms with Crippen molar-refractivity contribution in [3.05, 3.63) is 60.2 Å². The summed E-state index contributed by atoms with van der Waals surface area (Å²) in [7, 11) is 1.71. The Labute approximate surface area is 146 Å². The van der Waals surface area contributed by atoms with Crippen molar-refractivity contribution >= 4 is 0 Å². The molecule has 3 heterocycles. The Hall–Kier alpha value is -2.73. The minimum absolute atomic E-state index is 0.276. The number of likely N-dealkylation sites (tertiary alicyclic amines) is 1. The van der Waals surface area contributed by atoms with Gasteiger partial charge in [0.2, 0.25) is 11.8 Å². The van der Waals surface area contributed by atoms with Crippen LogP contribution in [0, 0.1) is 0 Å². The number of para-hydroxylation sites is 1. The number of pyridine rings is 1. The molecule has 0 N–H and O–H groups in total. The van der Waals surface area contributed by atoms with E-state index in [2.05, 4.69) is 26.1 Å². The van der Waals surface area contributed by atoms with Gasteiger partial charge in [-0.15, -0.1) is 10.2 Å². The van der Waals surface area contributed by atoms with Crippen LogP contribution >= 0.6 is 0 Å². The average Bonchev–Trinajstić information content (AvgIpc) is 3.32. The smallest absolute Gasteiger partial charge is 0.247 e. The van der Waals surface area contributed by atoms with E-state index in [0.717, 1.165) is 37.4 Å². The second-order valence-corrected chi connectivity index (χ2v) is 6.21. The molecular formula is C19H20N4O2. The summed E-state index contributed by atoms with van der Waals surface area (Å²) in [6, 6.07) is 11.9. The topological polar surface area (TPSA) is 64.3 Å². The zero-order valence-corrected chi connectivity index (χ0v) is 14.1. The molecule has 1 atom stereocenters. The minimum atomic E-state index is 0.276. The molecule has 0 saturated carbocycles. The maximum Gasteiger partial charge on any atom is 0.247 e. The monoisotopic (exact) mass is 336 g/mol. The van der Waals surface area contributed by atoms with Gasteiger partial charge in [-0.2, -0.15) is 0 Å². The van der Waals surface area contributed by atoms with Crippen LogP contribution in [0.5, 0.6) is 5.75 Å². The zero-order chi connectivity index (χ0) is 17.1. The SMILES string of the molecule is COc1ccccc1CN1CC[C@H](c2nnc(-c3ccncc3)o2)C1. The summed E-state index contributed by atoms with van der Waals surface area (Å²) in [5.74, 6) is 2.48. The molecule has 0 amide bonds. The zero-order valence-electron chi connectivity index (χ0n) is 14.1. The predicted molar refractivity (Wildman–Crippen MR) is 93.2 cm³/mol. The van der Waals surface area contributed by atoms with Crippen LogP contribution in [0.4, 0.5) is 0 Å². The Morgan fingerprint density at radius 2 is 2.00 bits per heavy atom. The standard InChI is InChI=1S/C19H20N4O2/c1-24-17-5-3-2-4-15(17)12-23-11-8-16(13-23)19-22-21-18(25-19)14-6-9-20-10-7-14/h2-7,9-10,16H,8,11-13H2,1H3/t16-/m0/s1. The molecule has 0 spiro atoms. The van der Waals surface area contributed by atoms with Gasteiger partial charge in [-0.05, 0) is 31.2 Å². The van der Waals surface area contributed by atoms with Gasteiger partial charge in [0.15, 0.2) is 0 Å². The summed E-state index contributed by atoms with van der Waals surface area (Å²) in [5, 5.41) is 8.45. The van der Waals surface area contributed by atoms with Gasteiger partial charge in [-0.3, -0.25) is 9.88 Å². The van der Waals surface area contributed by atoms with Gasteiger partial charge in [0.05, 0.1) is 13.0 Å². The fourth-order valence-corrected chi connectivity index (χ4v) is 3.26. The molecule has 2 aromatic heterocycles. The molecular weight excluding hydrogens is 316 g/mol. The largest absolute Gasteiger partial charge is 0.496 e. The molecule has 0 unspecified atom stereocenters. The molecule has 3 aromatic rings. The van der Waals surface area contributed by atoms with E-state index in [4.69, 9.17) is 9.15 Å². The van der Waals surface area contributed by atoms with Gasteiger partial charge in [0.1, 0.15) is 5.75 Å². The van der Waals surface area contributed by atoms with Crippen molar-refractivity contribution in [1.29, 1.82) is 0 Å². The van der Waals surface area contributed by atoms with Crippen LogP contribution in [0.3, 0.4) is 0 Å². The summed E-state index contributed by atoms with van der Waals surface area (Å²) in [6.07, 6.45) is 4.47. The van der Waals surface area contributed by atoms with E-state index in [1.54, 1.807) is 19.5 Å².